The molecule has 1 aromatic rings. The Morgan fingerprint density at radius 2 is 2.00 bits per heavy atom. The van der Waals surface area contributed by atoms with E-state index >= 15 is 0 Å². The van der Waals surface area contributed by atoms with Gasteiger partial charge in [-0.05, 0) is 25.0 Å². The maximum absolute atomic E-state index is 5.18. The molecule has 0 aliphatic carbocycles. The summed E-state index contributed by atoms with van der Waals surface area (Å²) in [5.74, 6) is 0.755. The second-order valence-corrected chi connectivity index (χ2v) is 3.80. The fourth-order valence-corrected chi connectivity index (χ4v) is 1.46. The van der Waals surface area contributed by atoms with Crippen LogP contribution in [0.5, 0.6) is 5.75 Å². The van der Waals surface area contributed by atoms with E-state index < -0.39 is 0 Å². The van der Waals surface area contributed by atoms with E-state index in [4.69, 9.17) is 9.57 Å². The molecule has 0 N–H and O–H groups in total. The molecule has 1 rings (SSSR count). The van der Waals surface area contributed by atoms with Gasteiger partial charge >= 0.3 is 0 Å². The summed E-state index contributed by atoms with van der Waals surface area (Å²) in [6.07, 6.45) is 7.56. The van der Waals surface area contributed by atoms with E-state index in [1.165, 1.54) is 19.3 Å². The van der Waals surface area contributed by atoms with E-state index in [0.717, 1.165) is 17.7 Å². The van der Waals surface area contributed by atoms with Crippen LogP contribution in [0.15, 0.2) is 29.4 Å². The van der Waals surface area contributed by atoms with Gasteiger partial charge in [-0.1, -0.05) is 37.1 Å². The molecular formula is C14H20NO2. The first kappa shape index (κ1) is 13.6. The smallest absolute Gasteiger partial charge is 0.143 e. The maximum atomic E-state index is 5.18. The Hall–Kier alpha value is -1.51. The Morgan fingerprint density at radius 3 is 2.76 bits per heavy atom. The van der Waals surface area contributed by atoms with Crippen molar-refractivity contribution in [1.29, 1.82) is 0 Å². The molecule has 0 bridgehead atoms. The summed E-state index contributed by atoms with van der Waals surface area (Å²) in [7, 11) is 1.63. The van der Waals surface area contributed by atoms with Crippen LogP contribution in [-0.4, -0.2) is 19.9 Å². The highest BCUT2D eigenvalue weighted by Gasteiger charge is 1.98. The van der Waals surface area contributed by atoms with Crippen LogP contribution in [0.1, 0.15) is 38.2 Å². The van der Waals surface area contributed by atoms with Crippen LogP contribution in [-0.2, 0) is 4.84 Å². The molecule has 0 amide bonds. The third-order valence-electron chi connectivity index (χ3n) is 2.43. The highest BCUT2D eigenvalue weighted by molar-refractivity contribution is 5.82. The lowest BCUT2D eigenvalue weighted by Gasteiger charge is -2.02. The number of hydrogen-bond acceptors (Lipinski definition) is 3. The molecule has 0 atom stereocenters. The van der Waals surface area contributed by atoms with Crippen molar-refractivity contribution in [2.24, 2.45) is 5.16 Å². The zero-order chi connectivity index (χ0) is 12.3. The minimum atomic E-state index is 0.655. The lowest BCUT2D eigenvalue weighted by atomic mass is 10.2. The molecule has 17 heavy (non-hydrogen) atoms. The molecule has 0 saturated heterocycles. The maximum Gasteiger partial charge on any atom is 0.143 e. The zero-order valence-corrected chi connectivity index (χ0v) is 10.6. The molecule has 3 heteroatoms. The molecule has 0 unspecified atom stereocenters. The molecular weight excluding hydrogens is 214 g/mol. The molecule has 0 heterocycles. The molecule has 0 saturated carbocycles. The van der Waals surface area contributed by atoms with Crippen LogP contribution < -0.4 is 4.74 Å². The standard InChI is InChI=1S/C14H20NO2/c1-3-4-5-8-11-17-15-12-13-9-6-7-10-14(13)16-2/h6-7,9-10H,3-5,8,11H2,1-2H3. The van der Waals surface area contributed by atoms with Gasteiger partial charge in [0, 0.05) is 5.56 Å². The number of unbranched alkanes of at least 4 members (excludes halogenated alkanes) is 3. The monoisotopic (exact) mass is 234 g/mol. The Kier molecular flexibility index (Phi) is 6.87. The van der Waals surface area contributed by atoms with Gasteiger partial charge in [-0.25, -0.2) is 0 Å². The van der Waals surface area contributed by atoms with Crippen molar-refractivity contribution in [3.63, 3.8) is 0 Å². The molecule has 0 fully saturated rings. The van der Waals surface area contributed by atoms with Gasteiger partial charge in [-0.3, -0.25) is 0 Å². The van der Waals surface area contributed by atoms with Crippen molar-refractivity contribution in [3.8, 4) is 5.75 Å². The number of hydrogen-bond donors (Lipinski definition) is 0. The van der Waals surface area contributed by atoms with E-state index in [-0.39, 0.29) is 0 Å². The third kappa shape index (κ3) is 5.38. The average molecular weight is 234 g/mol. The predicted octanol–water partition coefficient (Wildman–Crippen LogP) is 3.50. The van der Waals surface area contributed by atoms with E-state index in [2.05, 4.69) is 18.3 Å². The quantitative estimate of drug-likeness (QED) is 0.391. The summed E-state index contributed by atoms with van der Waals surface area (Å²) < 4.78 is 5.18. The molecule has 93 valence electrons. The largest absolute Gasteiger partial charge is 0.496 e. The molecule has 1 aromatic carbocycles. The van der Waals surface area contributed by atoms with Crippen LogP contribution in [0.3, 0.4) is 0 Å². The molecule has 0 aliphatic heterocycles. The number of benzene rings is 1. The highest BCUT2D eigenvalue weighted by atomic mass is 16.6. The first-order valence-corrected chi connectivity index (χ1v) is 6.09. The summed E-state index contributed by atoms with van der Waals surface area (Å²) in [6, 6.07) is 7.60. The normalized spacial score (nSPS) is 10.7. The molecule has 0 spiro atoms. The van der Waals surface area contributed by atoms with Gasteiger partial charge in [0.05, 0.1) is 7.11 Å². The summed E-state index contributed by atoms with van der Waals surface area (Å²) in [4.78, 5) is 5.14. The first-order chi connectivity index (χ1) is 8.38. The number of para-hydroxylation sites is 1. The number of methoxy groups -OCH3 is 1. The Balaban J connectivity index is 2.28. The first-order valence-electron chi connectivity index (χ1n) is 6.09. The van der Waals surface area contributed by atoms with Crippen LogP contribution in [0.2, 0.25) is 0 Å². The fourth-order valence-electron chi connectivity index (χ4n) is 1.46. The number of nitrogens with zero attached hydrogens (tertiary/aromatic N) is 1. The molecule has 1 radical (unpaired) electrons. The molecule has 0 aromatic heterocycles. The SMILES string of the molecule is CCCCCCO/N=[C]/c1ccccc1OC. The van der Waals surface area contributed by atoms with Crippen molar-refractivity contribution in [3.05, 3.63) is 29.8 Å². The fraction of sp³-hybridized carbons (Fsp3) is 0.500. The van der Waals surface area contributed by atoms with Crippen molar-refractivity contribution in [2.45, 2.75) is 32.6 Å². The minimum absolute atomic E-state index is 0.655. The van der Waals surface area contributed by atoms with Crippen molar-refractivity contribution in [2.75, 3.05) is 13.7 Å². The third-order valence-corrected chi connectivity index (χ3v) is 2.43. The van der Waals surface area contributed by atoms with E-state index in [1.54, 1.807) is 7.11 Å². The van der Waals surface area contributed by atoms with Gasteiger partial charge in [0.15, 0.2) is 0 Å². The topological polar surface area (TPSA) is 30.8 Å². The summed E-state index contributed by atoms with van der Waals surface area (Å²) in [5.41, 5.74) is 0.809. The lowest BCUT2D eigenvalue weighted by molar-refractivity contribution is 0.141. The Morgan fingerprint density at radius 1 is 1.18 bits per heavy atom. The Labute approximate surface area is 103 Å². The average Bonchev–Trinajstić information content (AvgIpc) is 2.38. The summed E-state index contributed by atoms with van der Waals surface area (Å²) >= 11 is 0. The summed E-state index contributed by atoms with van der Waals surface area (Å²) in [6.45, 7) is 2.84. The van der Waals surface area contributed by atoms with Crippen molar-refractivity contribution in [1.82, 2.24) is 0 Å². The van der Waals surface area contributed by atoms with E-state index in [1.807, 2.05) is 24.3 Å². The predicted molar refractivity (Wildman–Crippen MR) is 69.6 cm³/mol. The number of rotatable bonds is 8. The highest BCUT2D eigenvalue weighted by Crippen LogP contribution is 2.14. The van der Waals surface area contributed by atoms with Crippen LogP contribution >= 0.6 is 0 Å². The number of ether oxygens (including phenoxy) is 1. The Bertz CT molecular complexity index is 337. The van der Waals surface area contributed by atoms with Gasteiger partial charge < -0.3 is 9.57 Å². The zero-order valence-electron chi connectivity index (χ0n) is 10.6. The lowest BCUT2D eigenvalue weighted by Crippen LogP contribution is -1.92. The van der Waals surface area contributed by atoms with Crippen LogP contribution in [0.4, 0.5) is 0 Å². The van der Waals surface area contributed by atoms with E-state index in [9.17, 15) is 0 Å². The van der Waals surface area contributed by atoms with Gasteiger partial charge in [-0.15, -0.1) is 0 Å². The summed E-state index contributed by atoms with van der Waals surface area (Å²) in [5, 5.41) is 3.82. The molecule has 3 nitrogen and oxygen atoms in total. The van der Waals surface area contributed by atoms with Gasteiger partial charge in [0.2, 0.25) is 0 Å². The van der Waals surface area contributed by atoms with Crippen LogP contribution in [0, 0.1) is 0 Å². The second-order valence-electron chi connectivity index (χ2n) is 3.80. The second kappa shape index (κ2) is 8.62. The molecule has 0 aliphatic rings. The van der Waals surface area contributed by atoms with Gasteiger partial charge in [-0.2, -0.15) is 0 Å². The van der Waals surface area contributed by atoms with Crippen LogP contribution in [0.25, 0.3) is 0 Å². The van der Waals surface area contributed by atoms with E-state index in [0.29, 0.717) is 6.61 Å². The minimum Gasteiger partial charge on any atom is -0.496 e. The van der Waals surface area contributed by atoms with Crippen molar-refractivity contribution >= 4 is 6.21 Å². The van der Waals surface area contributed by atoms with Gasteiger partial charge in [0.1, 0.15) is 18.6 Å². The van der Waals surface area contributed by atoms with Crippen molar-refractivity contribution < 1.29 is 9.57 Å². The van der Waals surface area contributed by atoms with Gasteiger partial charge in [0.25, 0.3) is 0 Å².